The fourth-order valence-corrected chi connectivity index (χ4v) is 1.23. The number of hydrogen-bond acceptors (Lipinski definition) is 2. The zero-order valence-electron chi connectivity index (χ0n) is 5.76. The molecule has 0 aliphatic rings. The summed E-state index contributed by atoms with van der Waals surface area (Å²) in [6.07, 6.45) is 0. The van der Waals surface area contributed by atoms with Crippen molar-refractivity contribution in [2.75, 3.05) is 0 Å². The Morgan fingerprint density at radius 1 is 1.25 bits per heavy atom. The van der Waals surface area contributed by atoms with Gasteiger partial charge in [-0.1, -0.05) is 6.07 Å². The highest BCUT2D eigenvalue weighted by molar-refractivity contribution is 14.1. The van der Waals surface area contributed by atoms with Gasteiger partial charge in [-0.25, -0.2) is 8.78 Å². The minimum absolute atomic E-state index is 0.238. The first kappa shape index (κ1) is 9.88. The van der Waals surface area contributed by atoms with Gasteiger partial charge in [0.15, 0.2) is 0 Å². The molecule has 0 heterocycles. The van der Waals surface area contributed by atoms with E-state index in [4.69, 9.17) is 10.0 Å². The lowest BCUT2D eigenvalue weighted by molar-refractivity contribution is 0.422. The van der Waals surface area contributed by atoms with Crippen LogP contribution in [0.3, 0.4) is 0 Å². The summed E-state index contributed by atoms with van der Waals surface area (Å²) < 4.78 is 25.3. The predicted molar refractivity (Wildman–Crippen MR) is 48.9 cm³/mol. The number of benzene rings is 1. The van der Waals surface area contributed by atoms with Gasteiger partial charge in [-0.15, -0.1) is 0 Å². The molecule has 0 saturated heterocycles. The van der Waals surface area contributed by atoms with Crippen molar-refractivity contribution < 1.29 is 18.8 Å². The zero-order chi connectivity index (χ0) is 9.30. The second kappa shape index (κ2) is 3.67. The minimum Gasteiger partial charge on any atom is -0.423 e. The molecule has 0 atom stereocenters. The molecule has 6 heteroatoms. The lowest BCUT2D eigenvalue weighted by Crippen LogP contribution is -2.33. The fourth-order valence-electron chi connectivity index (χ4n) is 0.740. The van der Waals surface area contributed by atoms with Crippen molar-refractivity contribution in [3.05, 3.63) is 27.3 Å². The topological polar surface area (TPSA) is 40.5 Å². The van der Waals surface area contributed by atoms with Gasteiger partial charge in [0.25, 0.3) is 0 Å². The molecule has 64 valence electrons. The standard InChI is InChI=1S/C6H4BF2IO2/c8-4-2-1-3(7(11)12)5(9)6(4)10/h1-2,11-12H. The molecular formula is C6H4BF2IO2. The van der Waals surface area contributed by atoms with Crippen molar-refractivity contribution in [2.24, 2.45) is 0 Å². The first-order chi connectivity index (χ1) is 5.54. The molecule has 1 aromatic rings. The van der Waals surface area contributed by atoms with Crippen LogP contribution >= 0.6 is 22.6 Å². The average molecular weight is 284 g/mol. The Morgan fingerprint density at radius 2 is 1.83 bits per heavy atom. The molecule has 0 amide bonds. The van der Waals surface area contributed by atoms with Crippen LogP contribution in [0.15, 0.2) is 12.1 Å². The van der Waals surface area contributed by atoms with Crippen molar-refractivity contribution >= 4 is 35.2 Å². The van der Waals surface area contributed by atoms with Gasteiger partial charge in [-0.2, -0.15) is 0 Å². The lowest BCUT2D eigenvalue weighted by Gasteiger charge is -2.03. The van der Waals surface area contributed by atoms with Crippen molar-refractivity contribution in [3.8, 4) is 0 Å². The summed E-state index contributed by atoms with van der Waals surface area (Å²) >= 11 is 1.46. The first-order valence-corrected chi connectivity index (χ1v) is 4.11. The van der Waals surface area contributed by atoms with E-state index < -0.39 is 18.8 Å². The second-order valence-corrected chi connectivity index (χ2v) is 3.22. The molecule has 0 aromatic heterocycles. The molecule has 0 bridgehead atoms. The van der Waals surface area contributed by atoms with Crippen molar-refractivity contribution in [1.82, 2.24) is 0 Å². The Bertz CT molecular complexity index is 306. The minimum atomic E-state index is -1.90. The third-order valence-corrected chi connectivity index (χ3v) is 2.33. The van der Waals surface area contributed by atoms with Gasteiger partial charge in [0.2, 0.25) is 0 Å². The van der Waals surface area contributed by atoms with Gasteiger partial charge >= 0.3 is 7.12 Å². The summed E-state index contributed by atoms with van der Waals surface area (Å²) in [5.41, 5.74) is -0.319. The summed E-state index contributed by atoms with van der Waals surface area (Å²) in [7, 11) is -1.90. The smallest absolute Gasteiger partial charge is 0.423 e. The van der Waals surface area contributed by atoms with Crippen LogP contribution in [0.2, 0.25) is 0 Å². The Labute approximate surface area is 81.5 Å². The summed E-state index contributed by atoms with van der Waals surface area (Å²) in [5, 5.41) is 17.2. The highest BCUT2D eigenvalue weighted by atomic mass is 127. The van der Waals surface area contributed by atoms with Gasteiger partial charge in [0.1, 0.15) is 11.6 Å². The quantitative estimate of drug-likeness (QED) is 0.441. The molecule has 0 unspecified atom stereocenters. The van der Waals surface area contributed by atoms with Crippen molar-refractivity contribution in [3.63, 3.8) is 0 Å². The van der Waals surface area contributed by atoms with Crippen LogP contribution in [-0.2, 0) is 0 Å². The second-order valence-electron chi connectivity index (χ2n) is 2.14. The lowest BCUT2D eigenvalue weighted by atomic mass is 9.80. The highest BCUT2D eigenvalue weighted by Gasteiger charge is 2.19. The van der Waals surface area contributed by atoms with E-state index in [0.717, 1.165) is 12.1 Å². The van der Waals surface area contributed by atoms with E-state index >= 15 is 0 Å². The third kappa shape index (κ3) is 1.75. The Hall–Kier alpha value is -0.205. The van der Waals surface area contributed by atoms with E-state index in [2.05, 4.69) is 0 Å². The van der Waals surface area contributed by atoms with Gasteiger partial charge in [-0.3, -0.25) is 0 Å². The highest BCUT2D eigenvalue weighted by Crippen LogP contribution is 2.12. The van der Waals surface area contributed by atoms with Crippen molar-refractivity contribution in [1.29, 1.82) is 0 Å². The zero-order valence-corrected chi connectivity index (χ0v) is 7.92. The number of halogens is 3. The molecule has 1 aromatic carbocycles. The van der Waals surface area contributed by atoms with Crippen LogP contribution in [0.1, 0.15) is 0 Å². The van der Waals surface area contributed by atoms with E-state index in [1.165, 1.54) is 22.6 Å². The molecular weight excluding hydrogens is 280 g/mol. The Morgan fingerprint density at radius 3 is 2.33 bits per heavy atom. The maximum Gasteiger partial charge on any atom is 0.491 e. The normalized spacial score (nSPS) is 10.1. The van der Waals surface area contributed by atoms with E-state index in [1.807, 2.05) is 0 Å². The predicted octanol–water partition coefficient (Wildman–Crippen LogP) is 0.249. The summed E-state index contributed by atoms with van der Waals surface area (Å²) in [6.45, 7) is 0. The van der Waals surface area contributed by atoms with E-state index in [-0.39, 0.29) is 9.03 Å². The van der Waals surface area contributed by atoms with Crippen LogP contribution in [0, 0.1) is 15.2 Å². The first-order valence-electron chi connectivity index (χ1n) is 3.03. The molecule has 2 N–H and O–H groups in total. The number of rotatable bonds is 1. The maximum atomic E-state index is 12.9. The molecule has 12 heavy (non-hydrogen) atoms. The van der Waals surface area contributed by atoms with Crippen LogP contribution in [0.5, 0.6) is 0 Å². The summed E-state index contributed by atoms with van der Waals surface area (Å²) in [6, 6.07) is 1.98. The fraction of sp³-hybridized carbons (Fsp3) is 0. The molecule has 0 aliphatic carbocycles. The SMILES string of the molecule is OB(O)c1ccc(F)c(I)c1F. The molecule has 0 saturated carbocycles. The number of hydrogen-bond donors (Lipinski definition) is 2. The van der Waals surface area contributed by atoms with Crippen LogP contribution in [-0.4, -0.2) is 17.2 Å². The summed E-state index contributed by atoms with van der Waals surface area (Å²) in [4.78, 5) is 0. The molecule has 1 rings (SSSR count). The molecule has 0 radical (unpaired) electrons. The van der Waals surface area contributed by atoms with E-state index in [1.54, 1.807) is 0 Å². The Kier molecular flexibility index (Phi) is 3.02. The van der Waals surface area contributed by atoms with Crippen LogP contribution in [0.25, 0.3) is 0 Å². The van der Waals surface area contributed by atoms with Gasteiger partial charge in [0.05, 0.1) is 3.57 Å². The Balaban J connectivity index is 3.27. The van der Waals surface area contributed by atoms with Gasteiger partial charge in [0, 0.05) is 5.46 Å². The van der Waals surface area contributed by atoms with E-state index in [0.29, 0.717) is 0 Å². The van der Waals surface area contributed by atoms with E-state index in [9.17, 15) is 8.78 Å². The van der Waals surface area contributed by atoms with Crippen LogP contribution < -0.4 is 5.46 Å². The monoisotopic (exact) mass is 284 g/mol. The molecule has 2 nitrogen and oxygen atoms in total. The molecule has 0 spiro atoms. The molecule has 0 fully saturated rings. The summed E-state index contributed by atoms with van der Waals surface area (Å²) in [5.74, 6) is -1.64. The third-order valence-electron chi connectivity index (χ3n) is 1.34. The largest absolute Gasteiger partial charge is 0.491 e. The van der Waals surface area contributed by atoms with Gasteiger partial charge in [-0.05, 0) is 28.7 Å². The maximum absolute atomic E-state index is 12.9. The van der Waals surface area contributed by atoms with Crippen LogP contribution in [0.4, 0.5) is 8.78 Å². The van der Waals surface area contributed by atoms with Crippen molar-refractivity contribution in [2.45, 2.75) is 0 Å². The molecule has 0 aliphatic heterocycles. The average Bonchev–Trinajstić information content (AvgIpc) is 2.00. The van der Waals surface area contributed by atoms with Gasteiger partial charge < -0.3 is 10.0 Å².